The van der Waals surface area contributed by atoms with Gasteiger partial charge in [-0.1, -0.05) is 6.08 Å². The van der Waals surface area contributed by atoms with Crippen LogP contribution in [0.1, 0.15) is 0 Å². The quantitative estimate of drug-likeness (QED) is 0.354. The van der Waals surface area contributed by atoms with E-state index in [4.69, 9.17) is 23.8 Å². The Labute approximate surface area is 71.6 Å². The summed E-state index contributed by atoms with van der Waals surface area (Å²) in [7, 11) is 0. The summed E-state index contributed by atoms with van der Waals surface area (Å²) in [6, 6.07) is 0. The molecule has 0 atom stereocenters. The van der Waals surface area contributed by atoms with Crippen molar-refractivity contribution in [1.29, 1.82) is 0 Å². The Bertz CT molecular complexity index is 108. The van der Waals surface area contributed by atoms with Gasteiger partial charge in [0.25, 0.3) is 0 Å². The zero-order chi connectivity index (χ0) is 7.82. The number of hydrogen-bond donors (Lipinski definition) is 2. The van der Waals surface area contributed by atoms with Crippen molar-refractivity contribution in [2.75, 3.05) is 19.0 Å². The Morgan fingerprint density at radius 1 is 1.60 bits per heavy atom. The standard InChI is InChI=1S/C3H5Cl.C3H6N2S/c1-2-3-4;6-3-4-1-2-5-3/h2H,1,3H2;1-2H2,(H2,4,5,6). The summed E-state index contributed by atoms with van der Waals surface area (Å²) in [4.78, 5) is 0. The summed E-state index contributed by atoms with van der Waals surface area (Å²) >= 11 is 9.76. The van der Waals surface area contributed by atoms with Gasteiger partial charge in [0, 0.05) is 19.0 Å². The van der Waals surface area contributed by atoms with Gasteiger partial charge >= 0.3 is 0 Å². The summed E-state index contributed by atoms with van der Waals surface area (Å²) in [5.74, 6) is 0.556. The van der Waals surface area contributed by atoms with E-state index in [0.717, 1.165) is 18.2 Å². The lowest BCUT2D eigenvalue weighted by molar-refractivity contribution is 0.942. The minimum atomic E-state index is 0.556. The lowest BCUT2D eigenvalue weighted by Gasteiger charge is -1.85. The summed E-state index contributed by atoms with van der Waals surface area (Å²) in [5, 5.41) is 6.67. The van der Waals surface area contributed by atoms with Crippen molar-refractivity contribution in [2.45, 2.75) is 0 Å². The van der Waals surface area contributed by atoms with Gasteiger partial charge in [-0.25, -0.2) is 0 Å². The van der Waals surface area contributed by atoms with Gasteiger partial charge in [0.05, 0.1) is 0 Å². The average molecular weight is 179 g/mol. The second kappa shape index (κ2) is 6.83. The Balaban J connectivity index is 0.000000180. The molecule has 0 bridgehead atoms. The molecule has 1 heterocycles. The Kier molecular flexibility index (Phi) is 6.64. The van der Waals surface area contributed by atoms with E-state index in [-0.39, 0.29) is 0 Å². The van der Waals surface area contributed by atoms with Crippen LogP contribution in [0.25, 0.3) is 0 Å². The molecule has 0 aliphatic carbocycles. The predicted molar refractivity (Wildman–Crippen MR) is 49.5 cm³/mol. The van der Waals surface area contributed by atoms with Gasteiger partial charge < -0.3 is 10.6 Å². The Hall–Kier alpha value is -0.280. The third kappa shape index (κ3) is 5.85. The first kappa shape index (κ1) is 9.72. The topological polar surface area (TPSA) is 24.1 Å². The molecule has 0 spiro atoms. The minimum Gasteiger partial charge on any atom is -0.361 e. The lowest BCUT2D eigenvalue weighted by Crippen LogP contribution is -2.19. The molecule has 1 aliphatic heterocycles. The number of hydrogen-bond acceptors (Lipinski definition) is 1. The largest absolute Gasteiger partial charge is 0.361 e. The molecule has 1 saturated heterocycles. The predicted octanol–water partition coefficient (Wildman–Crippen LogP) is 0.875. The SMILES string of the molecule is C=CCCl.S=C1NCCN1. The fourth-order valence-corrected chi connectivity index (χ4v) is 0.619. The molecule has 4 heteroatoms. The van der Waals surface area contributed by atoms with Crippen LogP contribution < -0.4 is 10.6 Å². The van der Waals surface area contributed by atoms with E-state index >= 15 is 0 Å². The normalized spacial score (nSPS) is 14.3. The van der Waals surface area contributed by atoms with Crippen molar-refractivity contribution >= 4 is 28.9 Å². The van der Waals surface area contributed by atoms with Gasteiger partial charge in [0.1, 0.15) is 0 Å². The van der Waals surface area contributed by atoms with Gasteiger partial charge in [-0.05, 0) is 12.2 Å². The molecule has 0 saturated carbocycles. The number of allylic oxidation sites excluding steroid dienone is 1. The molecule has 1 rings (SSSR count). The molecule has 0 aromatic carbocycles. The van der Waals surface area contributed by atoms with Crippen LogP contribution in [-0.4, -0.2) is 24.1 Å². The fraction of sp³-hybridized carbons (Fsp3) is 0.500. The summed E-state index contributed by atoms with van der Waals surface area (Å²) in [6.45, 7) is 5.32. The molecule has 2 nitrogen and oxygen atoms in total. The Morgan fingerprint density at radius 2 is 2.00 bits per heavy atom. The average Bonchev–Trinajstić information content (AvgIpc) is 2.40. The van der Waals surface area contributed by atoms with Crippen molar-refractivity contribution in [3.63, 3.8) is 0 Å². The van der Waals surface area contributed by atoms with Crippen LogP contribution in [-0.2, 0) is 0 Å². The summed E-state index contributed by atoms with van der Waals surface area (Å²) in [5.41, 5.74) is 0. The molecule has 58 valence electrons. The number of thiocarbonyl (C=S) groups is 1. The van der Waals surface area contributed by atoms with Crippen LogP contribution in [0.2, 0.25) is 0 Å². The maximum Gasteiger partial charge on any atom is 0.166 e. The highest BCUT2D eigenvalue weighted by atomic mass is 35.5. The van der Waals surface area contributed by atoms with E-state index in [9.17, 15) is 0 Å². The number of nitrogens with one attached hydrogen (secondary N) is 2. The van der Waals surface area contributed by atoms with Crippen LogP contribution in [0.15, 0.2) is 12.7 Å². The summed E-state index contributed by atoms with van der Waals surface area (Å²) < 4.78 is 0. The maximum atomic E-state index is 5.07. The number of rotatable bonds is 1. The van der Waals surface area contributed by atoms with Crippen LogP contribution in [0.3, 0.4) is 0 Å². The van der Waals surface area contributed by atoms with Crippen LogP contribution in [0.5, 0.6) is 0 Å². The molecule has 0 radical (unpaired) electrons. The molecule has 1 aliphatic rings. The van der Waals surface area contributed by atoms with Crippen LogP contribution in [0, 0.1) is 0 Å². The van der Waals surface area contributed by atoms with E-state index in [0.29, 0.717) is 5.88 Å². The third-order valence-corrected chi connectivity index (χ3v) is 1.31. The molecule has 10 heavy (non-hydrogen) atoms. The molecule has 0 unspecified atom stereocenters. The molecular weight excluding hydrogens is 168 g/mol. The van der Waals surface area contributed by atoms with E-state index < -0.39 is 0 Å². The zero-order valence-corrected chi connectivity index (χ0v) is 7.26. The van der Waals surface area contributed by atoms with Crippen molar-refractivity contribution in [2.24, 2.45) is 0 Å². The van der Waals surface area contributed by atoms with E-state index in [1.54, 1.807) is 6.08 Å². The highest BCUT2D eigenvalue weighted by Gasteiger charge is 1.98. The monoisotopic (exact) mass is 178 g/mol. The van der Waals surface area contributed by atoms with E-state index in [2.05, 4.69) is 17.2 Å². The van der Waals surface area contributed by atoms with Gasteiger partial charge in [-0.15, -0.1) is 18.2 Å². The van der Waals surface area contributed by atoms with Crippen molar-refractivity contribution in [3.05, 3.63) is 12.7 Å². The van der Waals surface area contributed by atoms with Crippen molar-refractivity contribution in [1.82, 2.24) is 10.6 Å². The van der Waals surface area contributed by atoms with Crippen LogP contribution >= 0.6 is 23.8 Å². The second-order valence-electron chi connectivity index (χ2n) is 1.63. The molecular formula is C6H11ClN2S. The van der Waals surface area contributed by atoms with Gasteiger partial charge in [0.2, 0.25) is 0 Å². The molecule has 2 N–H and O–H groups in total. The first-order valence-electron chi connectivity index (χ1n) is 2.99. The molecule has 0 aromatic rings. The number of alkyl halides is 1. The van der Waals surface area contributed by atoms with Crippen molar-refractivity contribution in [3.8, 4) is 0 Å². The highest BCUT2D eigenvalue weighted by Crippen LogP contribution is 1.71. The van der Waals surface area contributed by atoms with Crippen molar-refractivity contribution < 1.29 is 0 Å². The van der Waals surface area contributed by atoms with Gasteiger partial charge in [-0.3, -0.25) is 0 Å². The Morgan fingerprint density at radius 3 is 2.10 bits per heavy atom. The highest BCUT2D eigenvalue weighted by molar-refractivity contribution is 7.80. The smallest absolute Gasteiger partial charge is 0.166 e. The van der Waals surface area contributed by atoms with Gasteiger partial charge in [0.15, 0.2) is 5.11 Å². The van der Waals surface area contributed by atoms with Gasteiger partial charge in [-0.2, -0.15) is 0 Å². The molecule has 0 aromatic heterocycles. The molecule has 0 amide bonds. The number of halogens is 1. The zero-order valence-electron chi connectivity index (χ0n) is 5.69. The van der Waals surface area contributed by atoms with E-state index in [1.807, 2.05) is 0 Å². The first-order valence-corrected chi connectivity index (χ1v) is 3.94. The maximum absolute atomic E-state index is 5.07. The fourth-order valence-electron chi connectivity index (χ4n) is 0.415. The minimum absolute atomic E-state index is 0.556. The second-order valence-corrected chi connectivity index (χ2v) is 2.34. The molecule has 1 fully saturated rings. The van der Waals surface area contributed by atoms with E-state index in [1.165, 1.54) is 0 Å². The lowest BCUT2D eigenvalue weighted by atomic mass is 10.7. The van der Waals surface area contributed by atoms with Crippen LogP contribution in [0.4, 0.5) is 0 Å². The first-order chi connectivity index (χ1) is 4.81. The summed E-state index contributed by atoms with van der Waals surface area (Å²) in [6.07, 6.45) is 1.64. The third-order valence-electron chi connectivity index (χ3n) is 0.805.